The number of methoxy groups -OCH3 is 1. The van der Waals surface area contributed by atoms with E-state index in [0.717, 1.165) is 11.8 Å². The summed E-state index contributed by atoms with van der Waals surface area (Å²) in [5, 5.41) is 2.90. The number of nitrogens with one attached hydrogen (secondary N) is 1. The number of hydrogen-bond acceptors (Lipinski definition) is 5. The molecule has 0 aromatic heterocycles. The zero-order chi connectivity index (χ0) is 30.0. The molecule has 8 nitrogen and oxygen atoms in total. The van der Waals surface area contributed by atoms with E-state index in [2.05, 4.69) is 5.32 Å². The number of anilines is 1. The first kappa shape index (κ1) is 31.6. The minimum atomic E-state index is -3.69. The molecule has 1 N–H and O–H groups in total. The van der Waals surface area contributed by atoms with E-state index in [4.69, 9.17) is 4.74 Å². The van der Waals surface area contributed by atoms with Gasteiger partial charge in [0.2, 0.25) is 21.8 Å². The van der Waals surface area contributed by atoms with Crippen molar-refractivity contribution < 1.29 is 27.1 Å². The van der Waals surface area contributed by atoms with Crippen LogP contribution in [0.15, 0.2) is 78.9 Å². The minimum absolute atomic E-state index is 0.0139. The molecule has 1 unspecified atom stereocenters. The van der Waals surface area contributed by atoms with Crippen molar-refractivity contribution in [2.24, 2.45) is 0 Å². The van der Waals surface area contributed by atoms with Crippen LogP contribution in [-0.2, 0) is 32.6 Å². The highest BCUT2D eigenvalue weighted by Gasteiger charge is 2.31. The van der Waals surface area contributed by atoms with Gasteiger partial charge < -0.3 is 15.0 Å². The summed E-state index contributed by atoms with van der Waals surface area (Å²) >= 11 is 0. The summed E-state index contributed by atoms with van der Waals surface area (Å²) in [6, 6.07) is 21.1. The fraction of sp³-hybridized carbons (Fsp3) is 0.355. The van der Waals surface area contributed by atoms with E-state index in [9.17, 15) is 22.4 Å². The third-order valence-corrected chi connectivity index (χ3v) is 7.69. The van der Waals surface area contributed by atoms with Crippen LogP contribution < -0.4 is 14.4 Å². The average Bonchev–Trinajstić information content (AvgIpc) is 2.93. The first-order chi connectivity index (χ1) is 19.5. The fourth-order valence-corrected chi connectivity index (χ4v) is 5.53. The molecule has 220 valence electrons. The van der Waals surface area contributed by atoms with Gasteiger partial charge in [-0.1, -0.05) is 60.7 Å². The van der Waals surface area contributed by atoms with E-state index >= 15 is 0 Å². The Kier molecular flexibility index (Phi) is 11.3. The second kappa shape index (κ2) is 14.6. The number of rotatable bonds is 14. The number of carbonyl (C=O) groups excluding carboxylic acids is 2. The van der Waals surface area contributed by atoms with Crippen LogP contribution in [0.1, 0.15) is 37.8 Å². The van der Waals surface area contributed by atoms with Crippen molar-refractivity contribution in [2.45, 2.75) is 51.7 Å². The van der Waals surface area contributed by atoms with Crippen molar-refractivity contribution in [2.75, 3.05) is 24.2 Å². The molecular formula is C31H38FN3O5S. The van der Waals surface area contributed by atoms with Crippen molar-refractivity contribution in [3.63, 3.8) is 0 Å². The lowest BCUT2D eigenvalue weighted by Crippen LogP contribution is -2.52. The van der Waals surface area contributed by atoms with E-state index in [1.54, 1.807) is 42.5 Å². The maximum atomic E-state index is 14.7. The Labute approximate surface area is 242 Å². The van der Waals surface area contributed by atoms with Gasteiger partial charge in [0.25, 0.3) is 0 Å². The van der Waals surface area contributed by atoms with Crippen LogP contribution in [0.5, 0.6) is 5.75 Å². The molecule has 0 heterocycles. The Bertz CT molecular complexity index is 1420. The monoisotopic (exact) mass is 583 g/mol. The highest BCUT2D eigenvalue weighted by Crippen LogP contribution is 2.30. The third kappa shape index (κ3) is 9.04. The van der Waals surface area contributed by atoms with Crippen molar-refractivity contribution in [3.05, 3.63) is 95.8 Å². The lowest BCUT2D eigenvalue weighted by molar-refractivity contribution is -0.141. The van der Waals surface area contributed by atoms with E-state index < -0.39 is 21.9 Å². The first-order valence-electron chi connectivity index (χ1n) is 13.5. The molecule has 0 saturated heterocycles. The van der Waals surface area contributed by atoms with Crippen molar-refractivity contribution in [1.82, 2.24) is 10.2 Å². The van der Waals surface area contributed by atoms with Gasteiger partial charge in [0.1, 0.15) is 17.6 Å². The topological polar surface area (TPSA) is 96.0 Å². The van der Waals surface area contributed by atoms with Gasteiger partial charge in [-0.15, -0.1) is 0 Å². The van der Waals surface area contributed by atoms with Crippen molar-refractivity contribution >= 4 is 27.5 Å². The number of nitrogens with zero attached hydrogens (tertiary/aromatic N) is 2. The molecule has 0 spiro atoms. The number of ether oxygens (including phenoxy) is 1. The number of amides is 2. The summed E-state index contributed by atoms with van der Waals surface area (Å²) in [5.74, 6) is -0.826. The zero-order valence-corrected chi connectivity index (χ0v) is 24.7. The standard InChI is InChI=1S/C31H38FN3O5S/c1-23(2)33-31(37)28(21-24-13-6-5-7-14-24)34(22-25-15-8-9-16-26(25)32)30(36)19-12-20-35(41(4,38)39)27-17-10-11-18-29(27)40-3/h5-11,13-18,23,28H,12,19-22H2,1-4H3,(H,33,37). The van der Waals surface area contributed by atoms with Crippen LogP contribution in [0, 0.1) is 5.82 Å². The van der Waals surface area contributed by atoms with E-state index in [0.29, 0.717) is 11.4 Å². The van der Waals surface area contributed by atoms with Gasteiger partial charge in [-0.05, 0) is 44.0 Å². The van der Waals surface area contributed by atoms with Crippen molar-refractivity contribution in [1.29, 1.82) is 0 Å². The molecule has 41 heavy (non-hydrogen) atoms. The Morgan fingerprint density at radius 1 is 0.951 bits per heavy atom. The fourth-order valence-electron chi connectivity index (χ4n) is 4.56. The summed E-state index contributed by atoms with van der Waals surface area (Å²) in [5.41, 5.74) is 1.50. The van der Waals surface area contributed by atoms with Gasteiger partial charge in [-0.3, -0.25) is 13.9 Å². The van der Waals surface area contributed by atoms with Gasteiger partial charge in [0, 0.05) is 37.5 Å². The Hall–Kier alpha value is -3.92. The molecule has 0 aliphatic heterocycles. The van der Waals surface area contributed by atoms with Gasteiger partial charge in [-0.25, -0.2) is 12.8 Å². The number of sulfonamides is 1. The van der Waals surface area contributed by atoms with Gasteiger partial charge >= 0.3 is 0 Å². The average molecular weight is 584 g/mol. The molecule has 3 aromatic carbocycles. The van der Waals surface area contributed by atoms with E-state index in [1.165, 1.54) is 22.4 Å². The minimum Gasteiger partial charge on any atom is -0.495 e. The molecule has 3 rings (SSSR count). The molecule has 0 radical (unpaired) electrons. The number of hydrogen-bond donors (Lipinski definition) is 1. The Morgan fingerprint density at radius 3 is 2.22 bits per heavy atom. The molecule has 0 saturated carbocycles. The molecule has 0 bridgehead atoms. The number of halogens is 1. The molecule has 0 aliphatic carbocycles. The predicted molar refractivity (Wildman–Crippen MR) is 159 cm³/mol. The molecule has 1 atom stereocenters. The summed E-state index contributed by atoms with van der Waals surface area (Å²) in [7, 11) is -2.24. The first-order valence-corrected chi connectivity index (χ1v) is 15.3. The Morgan fingerprint density at radius 2 is 1.59 bits per heavy atom. The predicted octanol–water partition coefficient (Wildman–Crippen LogP) is 4.55. The molecule has 3 aromatic rings. The Balaban J connectivity index is 1.90. The summed E-state index contributed by atoms with van der Waals surface area (Å²) in [4.78, 5) is 28.7. The molecule has 2 amide bonds. The lowest BCUT2D eigenvalue weighted by Gasteiger charge is -2.32. The van der Waals surface area contributed by atoms with Crippen LogP contribution in [0.4, 0.5) is 10.1 Å². The highest BCUT2D eigenvalue weighted by atomic mass is 32.2. The summed E-state index contributed by atoms with van der Waals surface area (Å²) in [6.45, 7) is 3.56. The maximum Gasteiger partial charge on any atom is 0.243 e. The van der Waals surface area contributed by atoms with Gasteiger partial charge in [-0.2, -0.15) is 0 Å². The third-order valence-electron chi connectivity index (χ3n) is 6.51. The van der Waals surface area contributed by atoms with Crippen LogP contribution in [0.2, 0.25) is 0 Å². The molecular weight excluding hydrogens is 545 g/mol. The van der Waals surface area contributed by atoms with Crippen LogP contribution in [0.3, 0.4) is 0 Å². The second-order valence-electron chi connectivity index (χ2n) is 10.1. The zero-order valence-electron chi connectivity index (χ0n) is 23.9. The van der Waals surface area contributed by atoms with Crippen LogP contribution >= 0.6 is 0 Å². The molecule has 10 heteroatoms. The summed E-state index contributed by atoms with van der Waals surface area (Å²) < 4.78 is 46.6. The normalized spacial score (nSPS) is 12.0. The molecule has 0 aliphatic rings. The number of para-hydroxylation sites is 2. The second-order valence-corrected chi connectivity index (χ2v) is 12.0. The van der Waals surface area contributed by atoms with Gasteiger partial charge in [0.15, 0.2) is 0 Å². The van der Waals surface area contributed by atoms with Crippen LogP contribution in [0.25, 0.3) is 0 Å². The van der Waals surface area contributed by atoms with Crippen LogP contribution in [-0.4, -0.2) is 57.1 Å². The highest BCUT2D eigenvalue weighted by molar-refractivity contribution is 7.92. The summed E-state index contributed by atoms with van der Waals surface area (Å²) in [6.07, 6.45) is 1.44. The largest absolute Gasteiger partial charge is 0.495 e. The van der Waals surface area contributed by atoms with Gasteiger partial charge in [0.05, 0.1) is 19.1 Å². The van der Waals surface area contributed by atoms with E-state index in [1.807, 2.05) is 44.2 Å². The number of benzene rings is 3. The smallest absolute Gasteiger partial charge is 0.243 e. The SMILES string of the molecule is COc1ccccc1N(CCCC(=O)N(Cc1ccccc1F)C(Cc1ccccc1)C(=O)NC(C)C)S(C)(=O)=O. The molecule has 0 fully saturated rings. The lowest BCUT2D eigenvalue weighted by atomic mass is 10.0. The van der Waals surface area contributed by atoms with E-state index in [-0.39, 0.29) is 55.8 Å². The quantitative estimate of drug-likeness (QED) is 0.301. The number of carbonyl (C=O) groups is 2. The van der Waals surface area contributed by atoms with Crippen molar-refractivity contribution in [3.8, 4) is 5.75 Å². The maximum absolute atomic E-state index is 14.7.